The third kappa shape index (κ3) is 8.85. The van der Waals surface area contributed by atoms with Gasteiger partial charge in [0.15, 0.2) is 4.30 Å². The number of fused-ring (bicyclic) bond motifs is 6. The Kier molecular flexibility index (Phi) is 13.0. The Bertz CT molecular complexity index is 1310. The molecule has 47 heavy (non-hydrogen) atoms. The maximum atomic E-state index is 6.27. The van der Waals surface area contributed by atoms with Crippen LogP contribution < -0.4 is 9.55 Å². The Labute approximate surface area is 305 Å². The number of hydrogen-bond donors (Lipinski definition) is 0. The molecule has 2 aromatic rings. The first-order valence-corrected chi connectivity index (χ1v) is 18.3. The van der Waals surface area contributed by atoms with Gasteiger partial charge in [0.05, 0.1) is 34.3 Å². The predicted molar refractivity (Wildman–Crippen MR) is 187 cm³/mol. The maximum absolute atomic E-state index is 6.27. The van der Waals surface area contributed by atoms with E-state index >= 15 is 0 Å². The Morgan fingerprint density at radius 1 is 0.489 bits per heavy atom. The zero-order chi connectivity index (χ0) is 31.8. The molecule has 3 saturated carbocycles. The van der Waals surface area contributed by atoms with Crippen molar-refractivity contribution >= 4 is 115 Å². The fourth-order valence-corrected chi connectivity index (χ4v) is 6.95. The van der Waals surface area contributed by atoms with Crippen molar-refractivity contribution in [3.63, 3.8) is 0 Å². The summed E-state index contributed by atoms with van der Waals surface area (Å²) in [6.07, 6.45) is 9.30. The average Bonchev–Trinajstić information content (AvgIpc) is 3.81. The number of oxime groups is 6. The zero-order valence-corrected chi connectivity index (χ0v) is 30.0. The van der Waals surface area contributed by atoms with Crippen LogP contribution in [-0.4, -0.2) is 52.1 Å². The molecule has 0 amide bonds. The molecule has 2 bridgehead atoms. The molecule has 8 rings (SSSR count). The molecule has 12 nitrogen and oxygen atoms in total. The van der Waals surface area contributed by atoms with Crippen molar-refractivity contribution in [1.29, 1.82) is 0 Å². The fourth-order valence-electron chi connectivity index (χ4n) is 5.42. The second-order valence-electron chi connectivity index (χ2n) is 11.0. The van der Waals surface area contributed by atoms with Gasteiger partial charge in [-0.05, 0) is 97.4 Å². The predicted octanol–water partition coefficient (Wildman–Crippen LogP) is 6.77. The molecule has 3 aliphatic heterocycles. The van der Waals surface area contributed by atoms with E-state index < -0.39 is 17.8 Å². The Balaban J connectivity index is 0.000000822. The summed E-state index contributed by atoms with van der Waals surface area (Å²) in [7, 11) is 0. The molecule has 0 saturated heterocycles. The summed E-state index contributed by atoms with van der Waals surface area (Å²) in [6.45, 7) is -5.56. The number of hydrogen-bond acceptors (Lipinski definition) is 14. The molecule has 6 aliphatic rings. The minimum atomic E-state index is -2.78. The van der Waals surface area contributed by atoms with Crippen molar-refractivity contribution in [2.24, 2.45) is 30.9 Å². The number of alkyl halides is 3. The monoisotopic (exact) mass is 785 g/mol. The van der Waals surface area contributed by atoms with Crippen molar-refractivity contribution in [3.05, 3.63) is 35.0 Å². The topological polar surface area (TPSA) is 130 Å². The molecule has 2 aromatic heterocycles. The first-order valence-electron chi connectivity index (χ1n) is 15.2. The van der Waals surface area contributed by atoms with Gasteiger partial charge in [0, 0.05) is 0 Å². The van der Waals surface area contributed by atoms with Crippen molar-refractivity contribution in [2.45, 2.75) is 81.3 Å². The summed E-state index contributed by atoms with van der Waals surface area (Å²) in [5.74, 6) is 0. The molecule has 0 unspecified atom stereocenters. The third-order valence-electron chi connectivity index (χ3n) is 7.82. The summed E-state index contributed by atoms with van der Waals surface area (Å²) in [5.41, 5.74) is 3.70. The number of halogens is 3. The summed E-state index contributed by atoms with van der Waals surface area (Å²) in [5, 5.41) is 31.3. The van der Waals surface area contributed by atoms with Gasteiger partial charge < -0.3 is 28.5 Å². The van der Waals surface area contributed by atoms with Gasteiger partial charge in [-0.25, -0.2) is 0 Å². The molecule has 253 valence electrons. The standard InChI is InChI=1S/C26H30B2N6O6S2.CHCl3.Co/c1-2-10-20-19(9-1)29-35-27(25-15-7-17-41-25)37-31-21-11-3-5-13-23(21)33-39-28(36-30-20,26-16-8-18-42-26)40-34-24-14-6-4-12-22(24)32-38-27;2-1(3)4;/h7-8,15-18H,1-6,9-14H2;1H;/q-2;;+2/b29-19+,30-20+,31-21+,32-22+,33-23+,34-24+;;. The molecule has 1 radical (unpaired) electrons. The van der Waals surface area contributed by atoms with Gasteiger partial charge in [-0.1, -0.05) is 59.1 Å². The molecule has 20 heteroatoms. The fraction of sp³-hybridized carbons (Fsp3) is 0.481. The van der Waals surface area contributed by atoms with Crippen LogP contribution in [0.3, 0.4) is 0 Å². The van der Waals surface area contributed by atoms with E-state index in [1.54, 1.807) is 0 Å². The van der Waals surface area contributed by atoms with Crippen LogP contribution in [0.15, 0.2) is 66.0 Å². The van der Waals surface area contributed by atoms with Crippen molar-refractivity contribution in [1.82, 2.24) is 0 Å². The molecule has 0 atom stereocenters. The van der Waals surface area contributed by atoms with Crippen LogP contribution >= 0.6 is 57.5 Å². The molecular formula is C27H31B2Cl3CoN6O6S2. The van der Waals surface area contributed by atoms with Crippen LogP contribution in [0, 0.1) is 0 Å². The van der Waals surface area contributed by atoms with Gasteiger partial charge in [-0.15, -0.1) is 30.9 Å². The first kappa shape index (κ1) is 36.0. The molecule has 3 aliphatic carbocycles. The number of rotatable bonds is 2. The smallest absolute Gasteiger partial charge is 0.535 e. The molecule has 0 N–H and O–H groups in total. The molecular weight excluding hydrogens is 755 g/mol. The average molecular weight is 787 g/mol. The SMILES string of the molecule is ClC(Cl)Cl.[Co+2].c1csc([B-]23O/N=C4\CCCC\C4=N/O[B-](c4cccs4)(O/N=C4\CCCC\C4=N/O2)O/N=C2\CCCC\C2=N/O3)c1. The van der Waals surface area contributed by atoms with E-state index in [1.807, 2.05) is 35.0 Å². The van der Waals surface area contributed by atoms with E-state index in [4.69, 9.17) is 63.3 Å². The quantitative estimate of drug-likeness (QED) is 0.244. The normalized spacial score (nSPS) is 32.5. The maximum Gasteiger partial charge on any atom is 2.00 e. The van der Waals surface area contributed by atoms with Gasteiger partial charge in [0.25, 0.3) is 0 Å². The second-order valence-corrected chi connectivity index (χ2v) is 15.0. The Hall–Kier alpha value is -2.27. The van der Waals surface area contributed by atoms with Crippen LogP contribution in [0.1, 0.15) is 77.0 Å². The molecule has 0 aromatic carbocycles. The van der Waals surface area contributed by atoms with Gasteiger partial charge in [0.2, 0.25) is 0 Å². The first-order chi connectivity index (χ1) is 22.5. The summed E-state index contributed by atoms with van der Waals surface area (Å²) < 4.78 is 38.1. The van der Waals surface area contributed by atoms with Gasteiger partial charge in [-0.2, -0.15) is 22.7 Å². The third-order valence-corrected chi connectivity index (χ3v) is 9.80. The second kappa shape index (κ2) is 16.9. The van der Waals surface area contributed by atoms with Crippen LogP contribution in [0.2, 0.25) is 0 Å². The minimum absolute atomic E-state index is 0. The van der Waals surface area contributed by atoms with Crippen molar-refractivity contribution in [2.75, 3.05) is 0 Å². The summed E-state index contributed by atoms with van der Waals surface area (Å²) in [6, 6.07) is 7.53. The van der Waals surface area contributed by atoms with Crippen LogP contribution in [0.4, 0.5) is 0 Å². The summed E-state index contributed by atoms with van der Waals surface area (Å²) >= 11 is 17.2. The van der Waals surface area contributed by atoms with Gasteiger partial charge in [-0.3, -0.25) is 0 Å². The number of nitrogens with zero attached hydrogens (tertiary/aromatic N) is 6. The van der Waals surface area contributed by atoms with Crippen LogP contribution in [0.5, 0.6) is 0 Å². The van der Waals surface area contributed by atoms with Gasteiger partial charge >= 0.3 is 30.3 Å². The van der Waals surface area contributed by atoms with Gasteiger partial charge in [0.1, 0.15) is 0 Å². The van der Waals surface area contributed by atoms with Crippen LogP contribution in [0.25, 0.3) is 0 Å². The molecule has 5 heterocycles. The minimum Gasteiger partial charge on any atom is -0.535 e. The summed E-state index contributed by atoms with van der Waals surface area (Å²) in [4.78, 5) is 0. The Morgan fingerprint density at radius 3 is 0.915 bits per heavy atom. The van der Waals surface area contributed by atoms with Crippen molar-refractivity contribution < 1.29 is 45.3 Å². The van der Waals surface area contributed by atoms with Crippen LogP contribution in [-0.2, 0) is 45.3 Å². The van der Waals surface area contributed by atoms with E-state index in [2.05, 4.69) is 30.9 Å². The van der Waals surface area contributed by atoms with E-state index in [0.717, 1.165) is 38.5 Å². The van der Waals surface area contributed by atoms with E-state index in [0.29, 0.717) is 82.3 Å². The zero-order valence-electron chi connectivity index (χ0n) is 25.1. The number of thiophene rings is 2. The van der Waals surface area contributed by atoms with E-state index in [-0.39, 0.29) is 16.8 Å². The molecule has 3 fully saturated rings. The van der Waals surface area contributed by atoms with E-state index in [9.17, 15) is 0 Å². The largest absolute Gasteiger partial charge is 2.00 e. The van der Waals surface area contributed by atoms with Crippen molar-refractivity contribution in [3.8, 4) is 0 Å². The molecule has 0 spiro atoms. The van der Waals surface area contributed by atoms with E-state index in [1.165, 1.54) is 22.7 Å². The Morgan fingerprint density at radius 2 is 0.723 bits per heavy atom.